The van der Waals surface area contributed by atoms with Crippen molar-refractivity contribution in [3.63, 3.8) is 0 Å². The highest BCUT2D eigenvalue weighted by Crippen LogP contribution is 2.11. The monoisotopic (exact) mass is 450 g/mol. The van der Waals surface area contributed by atoms with Gasteiger partial charge in [-0.15, -0.1) is 0 Å². The number of alkyl carbamates (subject to hydrolysis) is 1. The van der Waals surface area contributed by atoms with Gasteiger partial charge in [0.2, 0.25) is 0 Å². The van der Waals surface area contributed by atoms with E-state index in [1.807, 2.05) is 65.8 Å². The van der Waals surface area contributed by atoms with E-state index in [1.165, 1.54) is 5.56 Å². The third-order valence-electron chi connectivity index (χ3n) is 4.27. The van der Waals surface area contributed by atoms with Gasteiger partial charge in [-0.2, -0.15) is 0 Å². The smallest absolute Gasteiger partial charge is 0.410 e. The van der Waals surface area contributed by atoms with Crippen LogP contribution < -0.4 is 16.4 Å². The van der Waals surface area contributed by atoms with Crippen molar-refractivity contribution in [1.29, 1.82) is 0 Å². The number of nitrogens with two attached hydrogens (primary N) is 1. The van der Waals surface area contributed by atoms with Crippen molar-refractivity contribution in [3.8, 4) is 0 Å². The summed E-state index contributed by atoms with van der Waals surface area (Å²) in [4.78, 5) is 26.0. The lowest BCUT2D eigenvalue weighted by atomic mass is 10.2. The van der Waals surface area contributed by atoms with Crippen LogP contribution in [0.3, 0.4) is 0 Å². The van der Waals surface area contributed by atoms with E-state index < -0.39 is 17.3 Å². The van der Waals surface area contributed by atoms with Gasteiger partial charge in [-0.1, -0.05) is 12.1 Å². The Morgan fingerprint density at radius 1 is 0.875 bits per heavy atom. The number of hydrogen-bond acceptors (Lipinski definition) is 6. The van der Waals surface area contributed by atoms with Gasteiger partial charge in [-0.25, -0.2) is 9.59 Å². The van der Waals surface area contributed by atoms with Crippen molar-refractivity contribution in [2.45, 2.75) is 78.6 Å². The average Bonchev–Trinajstić information content (AvgIpc) is 2.64. The van der Waals surface area contributed by atoms with Crippen molar-refractivity contribution in [2.75, 3.05) is 31.9 Å². The first-order valence-electron chi connectivity index (χ1n) is 11.4. The zero-order valence-corrected chi connectivity index (χ0v) is 20.6. The maximum atomic E-state index is 12.6. The van der Waals surface area contributed by atoms with Crippen LogP contribution in [0.25, 0.3) is 0 Å². The lowest BCUT2D eigenvalue weighted by Crippen LogP contribution is -2.39. The van der Waals surface area contributed by atoms with E-state index in [2.05, 4.69) is 10.6 Å². The zero-order valence-electron chi connectivity index (χ0n) is 20.6. The summed E-state index contributed by atoms with van der Waals surface area (Å²) in [5.41, 5.74) is 6.57. The Kier molecular flexibility index (Phi) is 11.3. The summed E-state index contributed by atoms with van der Waals surface area (Å²) < 4.78 is 10.8. The number of amides is 2. The van der Waals surface area contributed by atoms with Gasteiger partial charge in [0.25, 0.3) is 0 Å². The summed E-state index contributed by atoms with van der Waals surface area (Å²) in [6.45, 7) is 14.3. The molecule has 0 aliphatic rings. The van der Waals surface area contributed by atoms with E-state index in [4.69, 9.17) is 15.2 Å². The Morgan fingerprint density at radius 2 is 1.47 bits per heavy atom. The molecule has 0 fully saturated rings. The zero-order chi connectivity index (χ0) is 24.2. The van der Waals surface area contributed by atoms with Gasteiger partial charge in [-0.3, -0.25) is 0 Å². The average molecular weight is 451 g/mol. The van der Waals surface area contributed by atoms with Crippen LogP contribution in [0.2, 0.25) is 0 Å². The van der Waals surface area contributed by atoms with Crippen molar-refractivity contribution in [2.24, 2.45) is 0 Å². The molecule has 4 N–H and O–H groups in total. The normalized spacial score (nSPS) is 11.7. The van der Waals surface area contributed by atoms with Crippen molar-refractivity contribution < 1.29 is 19.1 Å². The third-order valence-corrected chi connectivity index (χ3v) is 4.27. The van der Waals surface area contributed by atoms with Gasteiger partial charge < -0.3 is 30.7 Å². The van der Waals surface area contributed by atoms with Crippen molar-refractivity contribution >= 4 is 17.9 Å². The van der Waals surface area contributed by atoms with Crippen LogP contribution in [0, 0.1) is 0 Å². The molecule has 0 radical (unpaired) electrons. The number of carbonyl (C=O) groups is 2. The molecule has 0 aliphatic carbocycles. The molecule has 8 heteroatoms. The summed E-state index contributed by atoms with van der Waals surface area (Å²) in [6.07, 6.45) is 1.58. The molecule has 0 aromatic heterocycles. The molecule has 0 unspecified atom stereocenters. The quantitative estimate of drug-likeness (QED) is 0.343. The van der Waals surface area contributed by atoms with E-state index in [9.17, 15) is 9.59 Å². The second-order valence-electron chi connectivity index (χ2n) is 9.88. The molecule has 0 heterocycles. The van der Waals surface area contributed by atoms with E-state index in [-0.39, 0.29) is 6.09 Å². The summed E-state index contributed by atoms with van der Waals surface area (Å²) in [5, 5.41) is 6.14. The van der Waals surface area contributed by atoms with E-state index in [1.54, 1.807) is 4.90 Å². The van der Waals surface area contributed by atoms with Gasteiger partial charge in [0.05, 0.1) is 0 Å². The standard InChI is InChI=1S/C24H42N4O4/c1-23(2,3)31-21(29)27-15-7-8-16-28(22(30)32-24(4,5)6)17-9-14-26-18-19-10-12-20(25)13-11-19/h10-13,26H,7-9,14-18,25H2,1-6H3,(H,27,29). The largest absolute Gasteiger partial charge is 0.444 e. The molecule has 8 nitrogen and oxygen atoms in total. The van der Waals surface area contributed by atoms with Crippen molar-refractivity contribution in [3.05, 3.63) is 29.8 Å². The third kappa shape index (κ3) is 13.7. The van der Waals surface area contributed by atoms with Gasteiger partial charge in [-0.05, 0) is 85.0 Å². The maximum absolute atomic E-state index is 12.6. The molecule has 0 bridgehead atoms. The predicted molar refractivity (Wildman–Crippen MR) is 128 cm³/mol. The van der Waals surface area contributed by atoms with Crippen molar-refractivity contribution in [1.82, 2.24) is 15.5 Å². The van der Waals surface area contributed by atoms with Crippen LogP contribution in [0.5, 0.6) is 0 Å². The maximum Gasteiger partial charge on any atom is 0.410 e. The second kappa shape index (κ2) is 13.2. The fraction of sp³-hybridized carbons (Fsp3) is 0.667. The van der Waals surface area contributed by atoms with Crippen LogP contribution in [0.4, 0.5) is 15.3 Å². The van der Waals surface area contributed by atoms with Crippen LogP contribution in [-0.2, 0) is 16.0 Å². The molecular formula is C24H42N4O4. The fourth-order valence-electron chi connectivity index (χ4n) is 2.82. The first-order chi connectivity index (χ1) is 14.9. The van der Waals surface area contributed by atoms with Crippen LogP contribution >= 0.6 is 0 Å². The molecule has 0 saturated heterocycles. The molecule has 0 atom stereocenters. The number of nitrogen functional groups attached to an aromatic ring is 1. The molecule has 32 heavy (non-hydrogen) atoms. The highest BCUT2D eigenvalue weighted by molar-refractivity contribution is 5.68. The molecule has 182 valence electrons. The molecule has 1 rings (SSSR count). The van der Waals surface area contributed by atoms with Gasteiger partial charge in [0, 0.05) is 31.9 Å². The molecule has 1 aromatic rings. The highest BCUT2D eigenvalue weighted by Gasteiger charge is 2.21. The Bertz CT molecular complexity index is 693. The first kappa shape index (κ1) is 27.6. The van der Waals surface area contributed by atoms with Gasteiger partial charge in [0.1, 0.15) is 11.2 Å². The molecule has 2 amide bonds. The molecule has 0 spiro atoms. The summed E-state index contributed by atoms with van der Waals surface area (Å²) in [5.74, 6) is 0. The number of benzene rings is 1. The SMILES string of the molecule is CC(C)(C)OC(=O)NCCCCN(CCCNCc1ccc(N)cc1)C(=O)OC(C)(C)C. The summed E-state index contributed by atoms with van der Waals surface area (Å²) in [6, 6.07) is 7.78. The lowest BCUT2D eigenvalue weighted by Gasteiger charge is -2.27. The minimum absolute atomic E-state index is 0.309. The van der Waals surface area contributed by atoms with Crippen LogP contribution in [0.15, 0.2) is 24.3 Å². The molecule has 0 saturated carbocycles. The second-order valence-corrected chi connectivity index (χ2v) is 9.88. The number of nitrogens with one attached hydrogen (secondary N) is 2. The van der Waals surface area contributed by atoms with Crippen LogP contribution in [0.1, 0.15) is 66.4 Å². The number of rotatable bonds is 11. The predicted octanol–water partition coefficient (Wildman–Crippen LogP) is 4.29. The summed E-state index contributed by atoms with van der Waals surface area (Å²) in [7, 11) is 0. The first-order valence-corrected chi connectivity index (χ1v) is 11.4. The summed E-state index contributed by atoms with van der Waals surface area (Å²) >= 11 is 0. The Hall–Kier alpha value is -2.48. The number of unbranched alkanes of at least 4 members (excludes halogenated alkanes) is 1. The van der Waals surface area contributed by atoms with Crippen LogP contribution in [-0.4, -0.2) is 54.5 Å². The minimum atomic E-state index is -0.541. The number of nitrogens with zero attached hydrogens (tertiary/aromatic N) is 1. The number of carbonyl (C=O) groups excluding carboxylic acids is 2. The number of anilines is 1. The number of ether oxygens (including phenoxy) is 2. The minimum Gasteiger partial charge on any atom is -0.444 e. The van der Waals surface area contributed by atoms with E-state index in [0.29, 0.717) is 19.6 Å². The Morgan fingerprint density at radius 3 is 2.06 bits per heavy atom. The molecular weight excluding hydrogens is 408 g/mol. The number of hydrogen-bond donors (Lipinski definition) is 3. The Labute approximate surface area is 193 Å². The highest BCUT2D eigenvalue weighted by atomic mass is 16.6. The lowest BCUT2D eigenvalue weighted by molar-refractivity contribution is 0.0243. The molecule has 1 aromatic carbocycles. The Balaban J connectivity index is 2.38. The van der Waals surface area contributed by atoms with Gasteiger partial charge in [0.15, 0.2) is 0 Å². The molecule has 0 aliphatic heterocycles. The van der Waals surface area contributed by atoms with E-state index >= 15 is 0 Å². The topological polar surface area (TPSA) is 106 Å². The fourth-order valence-corrected chi connectivity index (χ4v) is 2.82. The van der Waals surface area contributed by atoms with Gasteiger partial charge >= 0.3 is 12.2 Å². The van der Waals surface area contributed by atoms with E-state index in [0.717, 1.165) is 38.0 Å².